The number of amides is 3. The lowest BCUT2D eigenvalue weighted by atomic mass is 9.75. The quantitative estimate of drug-likeness (QED) is 0.426. The molecule has 3 saturated heterocycles. The lowest BCUT2D eigenvalue weighted by Gasteiger charge is -2.36. The van der Waals surface area contributed by atoms with Gasteiger partial charge in [-0.05, 0) is 31.5 Å². The minimum Gasteiger partial charge on any atom is -0.324 e. The molecule has 0 saturated carbocycles. The molecular formula is C22H17ClN4O5. The fourth-order valence-electron chi connectivity index (χ4n) is 6.18. The lowest BCUT2D eigenvalue weighted by Crippen LogP contribution is -2.54. The summed E-state index contributed by atoms with van der Waals surface area (Å²) in [5, 5.41) is 14.3. The van der Waals surface area contributed by atoms with Gasteiger partial charge in [-0.1, -0.05) is 29.8 Å². The first-order valence-corrected chi connectivity index (χ1v) is 10.7. The van der Waals surface area contributed by atoms with E-state index in [0.29, 0.717) is 24.2 Å². The van der Waals surface area contributed by atoms with Gasteiger partial charge in [0.05, 0.1) is 27.5 Å². The van der Waals surface area contributed by atoms with E-state index in [1.54, 1.807) is 6.07 Å². The molecule has 0 unspecified atom stereocenters. The van der Waals surface area contributed by atoms with E-state index >= 15 is 0 Å². The van der Waals surface area contributed by atoms with E-state index in [-0.39, 0.29) is 28.3 Å². The van der Waals surface area contributed by atoms with E-state index < -0.39 is 34.1 Å². The molecule has 1 N–H and O–H groups in total. The smallest absolute Gasteiger partial charge is 0.271 e. The number of nitrogens with zero attached hydrogens (tertiary/aromatic N) is 3. The Hall–Kier alpha value is -3.30. The van der Waals surface area contributed by atoms with Gasteiger partial charge in [0.15, 0.2) is 0 Å². The van der Waals surface area contributed by atoms with E-state index in [1.807, 2.05) is 23.1 Å². The summed E-state index contributed by atoms with van der Waals surface area (Å²) in [5.41, 5.74) is -0.245. The van der Waals surface area contributed by atoms with Gasteiger partial charge in [0.1, 0.15) is 5.54 Å². The highest BCUT2D eigenvalue weighted by atomic mass is 35.5. The van der Waals surface area contributed by atoms with Crippen LogP contribution >= 0.6 is 11.6 Å². The number of benzene rings is 2. The summed E-state index contributed by atoms with van der Waals surface area (Å²) < 4.78 is 0. The number of nitro groups is 1. The van der Waals surface area contributed by atoms with Crippen LogP contribution < -0.4 is 10.2 Å². The van der Waals surface area contributed by atoms with Crippen molar-refractivity contribution < 1.29 is 19.3 Å². The van der Waals surface area contributed by atoms with Gasteiger partial charge in [-0.25, -0.2) is 4.90 Å². The molecule has 0 bridgehead atoms. The molecule has 0 aromatic heterocycles. The number of anilines is 2. The van der Waals surface area contributed by atoms with Crippen LogP contribution in [0.1, 0.15) is 18.4 Å². The first-order valence-electron chi connectivity index (χ1n) is 10.4. The highest BCUT2D eigenvalue weighted by Gasteiger charge is 2.74. The van der Waals surface area contributed by atoms with Gasteiger partial charge < -0.3 is 5.32 Å². The highest BCUT2D eigenvalue weighted by Crippen LogP contribution is 2.60. The van der Waals surface area contributed by atoms with Crippen molar-refractivity contribution in [3.8, 4) is 0 Å². The number of nitrogens with one attached hydrogen (secondary N) is 1. The van der Waals surface area contributed by atoms with Gasteiger partial charge >= 0.3 is 0 Å². The third kappa shape index (κ3) is 2.14. The van der Waals surface area contributed by atoms with Crippen molar-refractivity contribution in [2.75, 3.05) is 16.8 Å². The van der Waals surface area contributed by atoms with Crippen LogP contribution in [0.4, 0.5) is 17.1 Å². The summed E-state index contributed by atoms with van der Waals surface area (Å²) in [4.78, 5) is 54.7. The Balaban J connectivity index is 1.55. The first-order chi connectivity index (χ1) is 15.4. The number of imide groups is 1. The number of halogens is 1. The molecule has 0 aliphatic carbocycles. The molecule has 4 atom stereocenters. The summed E-state index contributed by atoms with van der Waals surface area (Å²) in [6.07, 6.45) is 1.50. The van der Waals surface area contributed by atoms with Crippen LogP contribution in [-0.4, -0.2) is 40.1 Å². The fourth-order valence-corrected chi connectivity index (χ4v) is 6.38. The van der Waals surface area contributed by atoms with E-state index in [9.17, 15) is 24.5 Å². The number of carbonyl (C=O) groups excluding carboxylic acids is 3. The van der Waals surface area contributed by atoms with Gasteiger partial charge in [-0.15, -0.1) is 0 Å². The Bertz CT molecular complexity index is 1250. The number of non-ortho nitro benzene ring substituents is 1. The first kappa shape index (κ1) is 19.4. The van der Waals surface area contributed by atoms with Gasteiger partial charge in [-0.2, -0.15) is 0 Å². The molecule has 3 amide bonds. The second kappa shape index (κ2) is 6.36. The number of para-hydroxylation sites is 1. The maximum Gasteiger partial charge on any atom is 0.271 e. The SMILES string of the molecule is O=C1[C@@H]2[C@H]3CCCN3[C@@]3(C(=O)Nc4ccccc43)[C@@H]2C(=O)N1c1cc([N+](=O)[O-])ccc1Cl. The van der Waals surface area contributed by atoms with E-state index in [0.717, 1.165) is 17.4 Å². The van der Waals surface area contributed by atoms with E-state index in [1.165, 1.54) is 12.1 Å². The molecule has 4 aliphatic heterocycles. The van der Waals surface area contributed by atoms with Crippen LogP contribution in [0.2, 0.25) is 5.02 Å². The second-order valence-corrected chi connectivity index (χ2v) is 8.98. The third-order valence-corrected chi connectivity index (χ3v) is 7.60. The predicted molar refractivity (Wildman–Crippen MR) is 114 cm³/mol. The molecule has 162 valence electrons. The van der Waals surface area contributed by atoms with Crippen molar-refractivity contribution in [3.05, 3.63) is 63.2 Å². The molecule has 2 aromatic carbocycles. The number of nitro benzene ring substituents is 1. The highest BCUT2D eigenvalue weighted by molar-refractivity contribution is 6.36. The molecule has 6 rings (SSSR count). The minimum absolute atomic E-state index is 0.0170. The Morgan fingerprint density at radius 3 is 2.69 bits per heavy atom. The number of hydrogen-bond donors (Lipinski definition) is 1. The molecule has 2 aromatic rings. The standard InChI is InChI=1S/C22H17ClN4O5/c23-13-8-7-11(27(31)32)10-16(13)26-19(28)17-15-6-3-9-25(15)22(18(17)20(26)29)12-4-1-2-5-14(12)24-21(22)30/h1-2,4-5,7-8,10,15,17-18H,3,6,9H2,(H,24,30)/t15-,17-,18+,22-/m1/s1. The number of carbonyl (C=O) groups is 3. The topological polar surface area (TPSA) is 113 Å². The molecule has 3 fully saturated rings. The van der Waals surface area contributed by atoms with Crippen LogP contribution in [0.25, 0.3) is 0 Å². The van der Waals surface area contributed by atoms with Gasteiger partial charge in [0, 0.05) is 29.4 Å². The number of hydrogen-bond acceptors (Lipinski definition) is 6. The van der Waals surface area contributed by atoms with Crippen LogP contribution in [-0.2, 0) is 19.9 Å². The van der Waals surface area contributed by atoms with Crippen LogP contribution in [0, 0.1) is 22.0 Å². The Labute approximate surface area is 187 Å². The zero-order valence-corrected chi connectivity index (χ0v) is 17.4. The molecule has 10 heteroatoms. The van der Waals surface area contributed by atoms with Crippen LogP contribution in [0.5, 0.6) is 0 Å². The predicted octanol–water partition coefficient (Wildman–Crippen LogP) is 2.68. The minimum atomic E-state index is -1.28. The molecule has 0 radical (unpaired) electrons. The maximum absolute atomic E-state index is 13.8. The Kier molecular flexibility index (Phi) is 3.86. The van der Waals surface area contributed by atoms with Crippen molar-refractivity contribution >= 4 is 46.4 Å². The van der Waals surface area contributed by atoms with E-state index in [4.69, 9.17) is 11.6 Å². The Morgan fingerprint density at radius 1 is 1.12 bits per heavy atom. The van der Waals surface area contributed by atoms with Crippen LogP contribution in [0.15, 0.2) is 42.5 Å². The largest absolute Gasteiger partial charge is 0.324 e. The van der Waals surface area contributed by atoms with Crippen LogP contribution in [0.3, 0.4) is 0 Å². The molecule has 32 heavy (non-hydrogen) atoms. The Morgan fingerprint density at radius 2 is 1.91 bits per heavy atom. The van der Waals surface area contributed by atoms with Crippen molar-refractivity contribution in [2.24, 2.45) is 11.8 Å². The molecular weight excluding hydrogens is 436 g/mol. The normalized spacial score (nSPS) is 30.6. The lowest BCUT2D eigenvalue weighted by molar-refractivity contribution is -0.384. The number of fused-ring (bicyclic) bond motifs is 7. The van der Waals surface area contributed by atoms with Crippen molar-refractivity contribution in [1.29, 1.82) is 0 Å². The van der Waals surface area contributed by atoms with E-state index in [2.05, 4.69) is 5.32 Å². The monoisotopic (exact) mass is 452 g/mol. The average molecular weight is 453 g/mol. The molecule has 1 spiro atoms. The van der Waals surface area contributed by atoms with Crippen molar-refractivity contribution in [2.45, 2.75) is 24.4 Å². The molecule has 9 nitrogen and oxygen atoms in total. The summed E-state index contributed by atoms with van der Waals surface area (Å²) in [6, 6.07) is 10.6. The van der Waals surface area contributed by atoms with Crippen molar-refractivity contribution in [3.63, 3.8) is 0 Å². The average Bonchev–Trinajstić information content (AvgIpc) is 3.47. The van der Waals surface area contributed by atoms with Gasteiger partial charge in [-0.3, -0.25) is 29.4 Å². The molecule has 4 aliphatic rings. The third-order valence-electron chi connectivity index (χ3n) is 7.28. The fraction of sp³-hybridized carbons (Fsp3) is 0.318. The second-order valence-electron chi connectivity index (χ2n) is 8.58. The maximum atomic E-state index is 13.8. The van der Waals surface area contributed by atoms with Gasteiger partial charge in [0.2, 0.25) is 17.7 Å². The summed E-state index contributed by atoms with van der Waals surface area (Å²) >= 11 is 6.28. The zero-order valence-electron chi connectivity index (χ0n) is 16.7. The molecule has 4 heterocycles. The summed E-state index contributed by atoms with van der Waals surface area (Å²) in [6.45, 7) is 0.609. The summed E-state index contributed by atoms with van der Waals surface area (Å²) in [5.74, 6) is -2.99. The summed E-state index contributed by atoms with van der Waals surface area (Å²) in [7, 11) is 0. The zero-order chi connectivity index (χ0) is 22.4. The van der Waals surface area contributed by atoms with Crippen molar-refractivity contribution in [1.82, 2.24) is 4.90 Å². The van der Waals surface area contributed by atoms with Gasteiger partial charge in [0.25, 0.3) is 5.69 Å². The number of rotatable bonds is 2.